The van der Waals surface area contributed by atoms with Crippen LogP contribution in [0.15, 0.2) is 0 Å². The number of carboxylic acid groups (broad SMARTS) is 1. The van der Waals surface area contributed by atoms with Crippen molar-refractivity contribution in [1.82, 2.24) is 0 Å². The van der Waals surface area contributed by atoms with Crippen molar-refractivity contribution < 1.29 is 31.8 Å². The van der Waals surface area contributed by atoms with Gasteiger partial charge in [0.05, 0.1) is 12.0 Å². The quantitative estimate of drug-likeness (QED) is 0.685. The lowest BCUT2D eigenvalue weighted by Gasteiger charge is -2.40. The summed E-state index contributed by atoms with van der Waals surface area (Å²) in [5.41, 5.74) is 0. The molecule has 2 unspecified atom stereocenters. The van der Waals surface area contributed by atoms with Crippen LogP contribution in [0, 0.1) is 5.92 Å². The van der Waals surface area contributed by atoms with Gasteiger partial charge in [0.25, 0.3) is 0 Å². The summed E-state index contributed by atoms with van der Waals surface area (Å²) in [5.74, 6) is -3.02. The molecule has 0 bridgehead atoms. The number of carboxylic acids is 1. The average molecular weight is 300 g/mol. The molecule has 9 heteroatoms. The monoisotopic (exact) mass is 300 g/mol. The molecule has 7 nitrogen and oxygen atoms in total. The molecule has 0 radical (unpaired) electrons. The lowest BCUT2D eigenvalue weighted by molar-refractivity contribution is -0.143. The Balaban J connectivity index is 3.61. The lowest BCUT2D eigenvalue weighted by Crippen LogP contribution is -2.58. The van der Waals surface area contributed by atoms with Gasteiger partial charge in [-0.3, -0.25) is 4.79 Å². The number of hydrogen-bond acceptors (Lipinski definition) is 6. The number of rotatable bonds is 3. The molecule has 18 heavy (non-hydrogen) atoms. The fourth-order valence-electron chi connectivity index (χ4n) is 2.56. The van der Waals surface area contributed by atoms with Crippen LogP contribution >= 0.6 is 0 Å². The maximum Gasteiger partial charge on any atom is 0.309 e. The molecule has 1 fully saturated rings. The van der Waals surface area contributed by atoms with Crippen molar-refractivity contribution in [1.29, 1.82) is 0 Å². The molecule has 0 spiro atoms. The van der Waals surface area contributed by atoms with Gasteiger partial charge < -0.3 is 10.2 Å². The van der Waals surface area contributed by atoms with E-state index in [1.54, 1.807) is 0 Å². The summed E-state index contributed by atoms with van der Waals surface area (Å²) in [6.07, 6.45) is -0.448. The van der Waals surface area contributed by atoms with Crippen molar-refractivity contribution in [3.05, 3.63) is 0 Å². The molecule has 1 saturated carbocycles. The summed E-state index contributed by atoms with van der Waals surface area (Å²) in [6, 6.07) is 0. The SMILES string of the molecule is CS(=O)(=O)C1(S(C)(=O)=O)CC(O)CCC1C(=O)O. The van der Waals surface area contributed by atoms with Crippen LogP contribution in [0.25, 0.3) is 0 Å². The molecule has 2 atom stereocenters. The highest BCUT2D eigenvalue weighted by atomic mass is 32.3. The van der Waals surface area contributed by atoms with Gasteiger partial charge >= 0.3 is 5.97 Å². The molecule has 0 saturated heterocycles. The van der Waals surface area contributed by atoms with Gasteiger partial charge in [-0.05, 0) is 12.8 Å². The summed E-state index contributed by atoms with van der Waals surface area (Å²) >= 11 is 0. The Morgan fingerprint density at radius 1 is 1.11 bits per heavy atom. The summed E-state index contributed by atoms with van der Waals surface area (Å²) in [5, 5.41) is 18.6. The predicted molar refractivity (Wildman–Crippen MR) is 63.4 cm³/mol. The van der Waals surface area contributed by atoms with Crippen LogP contribution in [0.4, 0.5) is 0 Å². The Hall–Kier alpha value is -0.670. The number of carbonyl (C=O) groups is 1. The topological polar surface area (TPSA) is 126 Å². The van der Waals surface area contributed by atoms with Gasteiger partial charge in [-0.2, -0.15) is 0 Å². The molecular weight excluding hydrogens is 284 g/mol. The zero-order chi connectivity index (χ0) is 14.4. The lowest BCUT2D eigenvalue weighted by atomic mass is 9.86. The van der Waals surface area contributed by atoms with E-state index in [9.17, 15) is 26.7 Å². The van der Waals surface area contributed by atoms with Gasteiger partial charge in [-0.25, -0.2) is 16.8 Å². The number of aliphatic hydroxyl groups excluding tert-OH is 1. The van der Waals surface area contributed by atoms with Crippen molar-refractivity contribution in [2.45, 2.75) is 29.4 Å². The minimum atomic E-state index is -4.20. The first-order valence-electron chi connectivity index (χ1n) is 5.23. The standard InChI is InChI=1S/C9H16O7S2/c1-17(13,14)9(18(2,15)16)5-6(10)3-4-7(9)8(11)12/h6-7,10H,3-5H2,1-2H3,(H,11,12). The van der Waals surface area contributed by atoms with Gasteiger partial charge in [0, 0.05) is 18.9 Å². The number of aliphatic carboxylic acids is 1. The van der Waals surface area contributed by atoms with E-state index in [1.807, 2.05) is 0 Å². The van der Waals surface area contributed by atoms with Crippen LogP contribution in [0.5, 0.6) is 0 Å². The fourth-order valence-corrected chi connectivity index (χ4v) is 7.22. The van der Waals surface area contributed by atoms with Crippen molar-refractivity contribution >= 4 is 25.6 Å². The maximum absolute atomic E-state index is 11.9. The third-order valence-corrected chi connectivity index (χ3v) is 8.62. The van der Waals surface area contributed by atoms with E-state index in [4.69, 9.17) is 5.11 Å². The molecule has 0 aromatic carbocycles. The molecule has 0 aromatic heterocycles. The van der Waals surface area contributed by atoms with Crippen molar-refractivity contribution in [2.75, 3.05) is 12.5 Å². The first-order valence-corrected chi connectivity index (χ1v) is 9.02. The number of aliphatic hydroxyl groups is 1. The normalized spacial score (nSPS) is 28.8. The van der Waals surface area contributed by atoms with Crippen molar-refractivity contribution in [2.24, 2.45) is 5.92 Å². The van der Waals surface area contributed by atoms with E-state index in [2.05, 4.69) is 0 Å². The first-order chi connectivity index (χ1) is 7.93. The highest BCUT2D eigenvalue weighted by Gasteiger charge is 2.61. The summed E-state index contributed by atoms with van der Waals surface area (Å²) < 4.78 is 45.0. The molecule has 106 valence electrons. The van der Waals surface area contributed by atoms with E-state index in [0.29, 0.717) is 12.5 Å². The van der Waals surface area contributed by atoms with E-state index >= 15 is 0 Å². The number of sulfone groups is 2. The first kappa shape index (κ1) is 15.4. The Morgan fingerprint density at radius 3 is 1.89 bits per heavy atom. The van der Waals surface area contributed by atoms with Crippen LogP contribution in [0.3, 0.4) is 0 Å². The zero-order valence-corrected chi connectivity index (χ0v) is 11.7. The van der Waals surface area contributed by atoms with Crippen molar-refractivity contribution in [3.63, 3.8) is 0 Å². The van der Waals surface area contributed by atoms with Crippen LogP contribution in [0.1, 0.15) is 19.3 Å². The van der Waals surface area contributed by atoms with E-state index in [-0.39, 0.29) is 12.8 Å². The molecule has 1 rings (SSSR count). The van der Waals surface area contributed by atoms with E-state index in [1.165, 1.54) is 0 Å². The molecular formula is C9H16O7S2. The highest BCUT2D eigenvalue weighted by molar-refractivity contribution is 8.09. The molecule has 0 amide bonds. The second-order valence-corrected chi connectivity index (χ2v) is 9.49. The molecule has 1 aliphatic rings. The maximum atomic E-state index is 11.9. The van der Waals surface area contributed by atoms with Gasteiger partial charge in [0.1, 0.15) is 0 Å². The Labute approximate surface area is 106 Å². The van der Waals surface area contributed by atoms with Gasteiger partial charge in [-0.1, -0.05) is 0 Å². The van der Waals surface area contributed by atoms with Crippen LogP contribution < -0.4 is 0 Å². The largest absolute Gasteiger partial charge is 0.481 e. The Bertz CT molecular complexity index is 513. The summed E-state index contributed by atoms with van der Waals surface area (Å²) in [7, 11) is -8.40. The predicted octanol–water partition coefficient (Wildman–Crippen LogP) is -0.982. The van der Waals surface area contributed by atoms with Crippen LogP contribution in [0.2, 0.25) is 0 Å². The second-order valence-electron chi connectivity index (χ2n) is 4.68. The Kier molecular flexibility index (Phi) is 3.81. The van der Waals surface area contributed by atoms with Crippen molar-refractivity contribution in [3.8, 4) is 0 Å². The van der Waals surface area contributed by atoms with Gasteiger partial charge in [0.2, 0.25) is 0 Å². The fraction of sp³-hybridized carbons (Fsp3) is 0.889. The summed E-state index contributed by atoms with van der Waals surface area (Å²) in [4.78, 5) is 11.2. The van der Waals surface area contributed by atoms with E-state index in [0.717, 1.165) is 0 Å². The minimum absolute atomic E-state index is 0.0732. The number of hydrogen-bond donors (Lipinski definition) is 2. The average Bonchev–Trinajstić information content (AvgIpc) is 2.13. The second kappa shape index (κ2) is 4.46. The molecule has 2 N–H and O–H groups in total. The van der Waals surface area contributed by atoms with Crippen LogP contribution in [-0.4, -0.2) is 55.7 Å². The smallest absolute Gasteiger partial charge is 0.309 e. The third-order valence-electron chi connectivity index (χ3n) is 3.39. The molecule has 0 aromatic rings. The minimum Gasteiger partial charge on any atom is -0.481 e. The third kappa shape index (κ3) is 2.26. The summed E-state index contributed by atoms with van der Waals surface area (Å²) in [6.45, 7) is 0. The molecule has 1 aliphatic carbocycles. The van der Waals surface area contributed by atoms with Gasteiger partial charge in [0.15, 0.2) is 23.8 Å². The Morgan fingerprint density at radius 2 is 1.56 bits per heavy atom. The highest BCUT2D eigenvalue weighted by Crippen LogP contribution is 2.43. The van der Waals surface area contributed by atoms with Crippen LogP contribution in [-0.2, 0) is 24.5 Å². The van der Waals surface area contributed by atoms with Gasteiger partial charge in [-0.15, -0.1) is 0 Å². The molecule has 0 heterocycles. The molecule has 0 aliphatic heterocycles. The van der Waals surface area contributed by atoms with E-state index < -0.39 is 48.2 Å². The zero-order valence-electron chi connectivity index (χ0n) is 10.0.